The molecule has 3 heterocycles. The molecule has 2 aromatic rings. The second-order valence-corrected chi connectivity index (χ2v) is 8.81. The highest BCUT2D eigenvalue weighted by atomic mass is 32.2. The zero-order valence-electron chi connectivity index (χ0n) is 14.8. The summed E-state index contributed by atoms with van der Waals surface area (Å²) in [6.45, 7) is 3.07. The maximum atomic E-state index is 12.2. The molecule has 0 aromatic carbocycles. The van der Waals surface area contributed by atoms with E-state index in [0.29, 0.717) is 19.0 Å². The number of H-pyrrole nitrogens is 1. The smallest absolute Gasteiger partial charge is 0.281 e. The van der Waals surface area contributed by atoms with E-state index in [1.807, 2.05) is 19.1 Å². The Balaban J connectivity index is 1.63. The Morgan fingerprint density at radius 1 is 1.20 bits per heavy atom. The molecule has 2 aromatic heterocycles. The molecule has 0 spiro atoms. The SMILES string of the molecule is Cc1cc(-c2cc(CC3CCN(S(=O)(=O)N(C)C)CC3)ncn2)n[nH]1. The minimum atomic E-state index is -3.31. The summed E-state index contributed by atoms with van der Waals surface area (Å²) in [6.07, 6.45) is 4.08. The number of nitrogens with one attached hydrogen (secondary N) is 1. The second kappa shape index (κ2) is 7.19. The molecule has 1 N–H and O–H groups in total. The van der Waals surface area contributed by atoms with Crippen molar-refractivity contribution in [1.82, 2.24) is 28.8 Å². The first kappa shape index (κ1) is 18.0. The molecule has 0 atom stereocenters. The molecule has 8 nitrogen and oxygen atoms in total. The third-order valence-corrected chi connectivity index (χ3v) is 6.49. The Morgan fingerprint density at radius 2 is 1.92 bits per heavy atom. The minimum absolute atomic E-state index is 0.428. The lowest BCUT2D eigenvalue weighted by molar-refractivity contribution is 0.261. The third-order valence-electron chi connectivity index (χ3n) is 4.55. The molecule has 1 aliphatic heterocycles. The number of hydrogen-bond donors (Lipinski definition) is 1. The predicted octanol–water partition coefficient (Wildman–Crippen LogP) is 1.24. The predicted molar refractivity (Wildman–Crippen MR) is 95.0 cm³/mol. The van der Waals surface area contributed by atoms with Crippen molar-refractivity contribution in [2.45, 2.75) is 26.2 Å². The number of nitrogens with zero attached hydrogens (tertiary/aromatic N) is 5. The van der Waals surface area contributed by atoms with Crippen LogP contribution in [0.3, 0.4) is 0 Å². The Labute approximate surface area is 148 Å². The van der Waals surface area contributed by atoms with Crippen LogP contribution in [0.25, 0.3) is 11.4 Å². The van der Waals surface area contributed by atoms with Gasteiger partial charge >= 0.3 is 0 Å². The first-order valence-corrected chi connectivity index (χ1v) is 9.77. The zero-order chi connectivity index (χ0) is 18.0. The van der Waals surface area contributed by atoms with Crippen molar-refractivity contribution in [3.63, 3.8) is 0 Å². The molecule has 0 unspecified atom stereocenters. The number of aromatic nitrogens is 4. The lowest BCUT2D eigenvalue weighted by atomic mass is 9.93. The van der Waals surface area contributed by atoms with Crippen LogP contribution in [0.5, 0.6) is 0 Å². The van der Waals surface area contributed by atoms with E-state index in [4.69, 9.17) is 0 Å². The largest absolute Gasteiger partial charge is 0.282 e. The molecule has 1 aliphatic rings. The Hall–Kier alpha value is -1.84. The zero-order valence-corrected chi connectivity index (χ0v) is 15.6. The molecule has 1 fully saturated rings. The van der Waals surface area contributed by atoms with E-state index in [0.717, 1.165) is 42.0 Å². The summed E-state index contributed by atoms with van der Waals surface area (Å²) in [7, 11) is -0.167. The molecular formula is C16H24N6O2S. The van der Waals surface area contributed by atoms with Crippen molar-refractivity contribution >= 4 is 10.2 Å². The lowest BCUT2D eigenvalue weighted by Gasteiger charge is -2.32. The van der Waals surface area contributed by atoms with Gasteiger partial charge in [-0.3, -0.25) is 5.10 Å². The Bertz CT molecular complexity index is 825. The fourth-order valence-corrected chi connectivity index (χ4v) is 4.20. The maximum absolute atomic E-state index is 12.2. The van der Waals surface area contributed by atoms with E-state index >= 15 is 0 Å². The van der Waals surface area contributed by atoms with E-state index in [-0.39, 0.29) is 0 Å². The number of aromatic amines is 1. The van der Waals surface area contributed by atoms with Gasteiger partial charge in [-0.05, 0) is 44.2 Å². The van der Waals surface area contributed by atoms with Gasteiger partial charge in [0.05, 0.1) is 5.69 Å². The molecule has 1 saturated heterocycles. The highest BCUT2D eigenvalue weighted by Gasteiger charge is 2.29. The summed E-state index contributed by atoms with van der Waals surface area (Å²) in [5.41, 5.74) is 3.58. The quantitative estimate of drug-likeness (QED) is 0.861. The highest BCUT2D eigenvalue weighted by molar-refractivity contribution is 7.86. The van der Waals surface area contributed by atoms with Crippen molar-refractivity contribution in [2.24, 2.45) is 5.92 Å². The van der Waals surface area contributed by atoms with Crippen molar-refractivity contribution in [3.8, 4) is 11.4 Å². The Morgan fingerprint density at radius 3 is 2.52 bits per heavy atom. The number of aryl methyl sites for hydroxylation is 1. The number of rotatable bonds is 5. The molecule has 0 aliphatic carbocycles. The number of hydrogen-bond acceptors (Lipinski definition) is 5. The summed E-state index contributed by atoms with van der Waals surface area (Å²) in [4.78, 5) is 8.67. The monoisotopic (exact) mass is 364 g/mol. The molecule has 25 heavy (non-hydrogen) atoms. The van der Waals surface area contributed by atoms with Crippen LogP contribution in [0, 0.1) is 12.8 Å². The van der Waals surface area contributed by atoms with Gasteiger partial charge in [-0.2, -0.15) is 22.1 Å². The van der Waals surface area contributed by atoms with E-state index in [1.165, 1.54) is 4.31 Å². The van der Waals surface area contributed by atoms with Crippen LogP contribution in [0.1, 0.15) is 24.2 Å². The van der Waals surface area contributed by atoms with Crippen molar-refractivity contribution in [2.75, 3.05) is 27.2 Å². The standard InChI is InChI=1S/C16H24N6O2S/c1-12-8-16(20-19-12)15-10-14(17-11-18-15)9-13-4-6-22(7-5-13)25(23,24)21(2)3/h8,10-11,13H,4-7,9H2,1-3H3,(H,19,20). The van der Waals surface area contributed by atoms with Gasteiger partial charge in [0, 0.05) is 38.6 Å². The van der Waals surface area contributed by atoms with Crippen LogP contribution in [0.2, 0.25) is 0 Å². The number of piperidine rings is 1. The van der Waals surface area contributed by atoms with Gasteiger partial charge in [0.2, 0.25) is 0 Å². The molecule has 0 saturated carbocycles. The molecule has 0 bridgehead atoms. The van der Waals surface area contributed by atoms with Gasteiger partial charge in [0.25, 0.3) is 10.2 Å². The fourth-order valence-electron chi connectivity index (χ4n) is 3.07. The van der Waals surface area contributed by atoms with Gasteiger partial charge in [0.1, 0.15) is 12.0 Å². The summed E-state index contributed by atoms with van der Waals surface area (Å²) in [5, 5.41) is 7.15. The summed E-state index contributed by atoms with van der Waals surface area (Å²) in [6, 6.07) is 3.93. The third kappa shape index (κ3) is 4.05. The van der Waals surface area contributed by atoms with Crippen LogP contribution < -0.4 is 0 Å². The summed E-state index contributed by atoms with van der Waals surface area (Å²) in [5.74, 6) is 0.428. The van der Waals surface area contributed by atoms with Gasteiger partial charge in [0.15, 0.2) is 0 Å². The van der Waals surface area contributed by atoms with Gasteiger partial charge in [-0.15, -0.1) is 0 Å². The Kier molecular flexibility index (Phi) is 5.16. The first-order valence-electron chi connectivity index (χ1n) is 8.37. The van der Waals surface area contributed by atoms with Gasteiger partial charge < -0.3 is 0 Å². The lowest BCUT2D eigenvalue weighted by Crippen LogP contribution is -2.44. The topological polar surface area (TPSA) is 95.1 Å². The maximum Gasteiger partial charge on any atom is 0.281 e. The molecule has 9 heteroatoms. The summed E-state index contributed by atoms with van der Waals surface area (Å²) >= 11 is 0. The van der Waals surface area contributed by atoms with Crippen LogP contribution >= 0.6 is 0 Å². The molecule has 136 valence electrons. The van der Waals surface area contributed by atoms with Crippen LogP contribution in [0.15, 0.2) is 18.5 Å². The van der Waals surface area contributed by atoms with E-state index < -0.39 is 10.2 Å². The van der Waals surface area contributed by atoms with Crippen LogP contribution in [-0.4, -0.2) is 64.4 Å². The van der Waals surface area contributed by atoms with E-state index in [9.17, 15) is 8.42 Å². The normalized spacial score (nSPS) is 17.3. The van der Waals surface area contributed by atoms with Crippen molar-refractivity contribution in [3.05, 3.63) is 29.8 Å². The average molecular weight is 364 g/mol. The molecule has 3 rings (SSSR count). The molecular weight excluding hydrogens is 340 g/mol. The van der Waals surface area contributed by atoms with Crippen molar-refractivity contribution < 1.29 is 8.42 Å². The van der Waals surface area contributed by atoms with Crippen LogP contribution in [0.4, 0.5) is 0 Å². The second-order valence-electron chi connectivity index (χ2n) is 6.67. The van der Waals surface area contributed by atoms with E-state index in [2.05, 4.69) is 20.2 Å². The van der Waals surface area contributed by atoms with E-state index in [1.54, 1.807) is 24.7 Å². The summed E-state index contributed by atoms with van der Waals surface area (Å²) < 4.78 is 27.2. The van der Waals surface area contributed by atoms with Gasteiger partial charge in [-0.25, -0.2) is 9.97 Å². The van der Waals surface area contributed by atoms with Crippen molar-refractivity contribution in [1.29, 1.82) is 0 Å². The molecule has 0 amide bonds. The highest BCUT2D eigenvalue weighted by Crippen LogP contribution is 2.24. The fraction of sp³-hybridized carbons (Fsp3) is 0.562. The minimum Gasteiger partial charge on any atom is -0.282 e. The van der Waals surface area contributed by atoms with Crippen LogP contribution in [-0.2, 0) is 16.6 Å². The average Bonchev–Trinajstić information content (AvgIpc) is 3.02. The first-order chi connectivity index (χ1) is 11.9. The van der Waals surface area contributed by atoms with Gasteiger partial charge in [-0.1, -0.05) is 0 Å². The molecule has 0 radical (unpaired) electrons.